The van der Waals surface area contributed by atoms with Crippen molar-refractivity contribution < 1.29 is 17.9 Å². The van der Waals surface area contributed by atoms with Gasteiger partial charge in [0.15, 0.2) is 0 Å². The summed E-state index contributed by atoms with van der Waals surface area (Å²) in [6.45, 7) is 1.46. The van der Waals surface area contributed by atoms with E-state index < -0.39 is 10.0 Å². The van der Waals surface area contributed by atoms with Crippen LogP contribution in [0.2, 0.25) is 0 Å². The van der Waals surface area contributed by atoms with Crippen LogP contribution in [0, 0.1) is 0 Å². The van der Waals surface area contributed by atoms with Crippen LogP contribution in [0.4, 0.5) is 0 Å². The van der Waals surface area contributed by atoms with Crippen molar-refractivity contribution in [3.8, 4) is 5.75 Å². The normalized spacial score (nSPS) is 11.6. The van der Waals surface area contributed by atoms with Gasteiger partial charge in [-0.15, -0.1) is 0 Å². The third kappa shape index (κ3) is 3.08. The Kier molecular flexibility index (Phi) is 4.48. The summed E-state index contributed by atoms with van der Waals surface area (Å²) in [5, 5.41) is 0. The molecule has 0 aliphatic carbocycles. The lowest BCUT2D eigenvalue weighted by Crippen LogP contribution is -2.23. The van der Waals surface area contributed by atoms with Crippen molar-refractivity contribution in [1.29, 1.82) is 0 Å². The highest BCUT2D eigenvalue weighted by Crippen LogP contribution is 2.27. The molecule has 0 bridgehead atoms. The number of sulfonamides is 1. The maximum absolute atomic E-state index is 12.1. The van der Waals surface area contributed by atoms with Crippen molar-refractivity contribution >= 4 is 15.8 Å². The van der Waals surface area contributed by atoms with E-state index in [4.69, 9.17) is 4.74 Å². The van der Waals surface area contributed by atoms with Crippen LogP contribution < -0.4 is 4.74 Å². The fourth-order valence-corrected chi connectivity index (χ4v) is 2.62. The average Bonchev–Trinajstić information content (AvgIpc) is 2.27. The van der Waals surface area contributed by atoms with Gasteiger partial charge in [-0.1, -0.05) is 6.07 Å². The van der Waals surface area contributed by atoms with Gasteiger partial charge in [0.25, 0.3) is 0 Å². The topological polar surface area (TPSA) is 63.7 Å². The quantitative estimate of drug-likeness (QED) is 0.804. The first kappa shape index (κ1) is 14.7. The summed E-state index contributed by atoms with van der Waals surface area (Å²) in [5.41, 5.74) is 0.656. The molecule has 0 N–H and O–H groups in total. The van der Waals surface area contributed by atoms with Gasteiger partial charge in [0.2, 0.25) is 10.0 Å². The molecule has 0 amide bonds. The van der Waals surface area contributed by atoms with Crippen LogP contribution in [0.5, 0.6) is 5.75 Å². The minimum Gasteiger partial charge on any atom is -0.495 e. The van der Waals surface area contributed by atoms with E-state index in [0.29, 0.717) is 5.56 Å². The summed E-state index contributed by atoms with van der Waals surface area (Å²) in [5.74, 6) is 0.254. The van der Waals surface area contributed by atoms with Crippen LogP contribution in [0.25, 0.3) is 0 Å². The molecule has 18 heavy (non-hydrogen) atoms. The second kappa shape index (κ2) is 5.49. The summed E-state index contributed by atoms with van der Waals surface area (Å²) < 4.78 is 30.4. The Morgan fingerprint density at radius 3 is 2.39 bits per heavy atom. The van der Waals surface area contributed by atoms with Crippen LogP contribution >= 0.6 is 0 Å². The second-order valence-electron chi connectivity index (χ2n) is 4.15. The average molecular weight is 271 g/mol. The lowest BCUT2D eigenvalue weighted by molar-refractivity contribution is -0.116. The van der Waals surface area contributed by atoms with Crippen molar-refractivity contribution in [2.75, 3.05) is 21.2 Å². The summed E-state index contributed by atoms with van der Waals surface area (Å²) in [6, 6.07) is 4.74. The van der Waals surface area contributed by atoms with Gasteiger partial charge in [0.05, 0.1) is 7.11 Å². The molecule has 0 radical (unpaired) electrons. The molecule has 0 unspecified atom stereocenters. The highest BCUT2D eigenvalue weighted by molar-refractivity contribution is 7.89. The predicted molar refractivity (Wildman–Crippen MR) is 68.3 cm³/mol. The predicted octanol–water partition coefficient (Wildman–Crippen LogP) is 1.08. The molecule has 0 saturated carbocycles. The number of rotatable bonds is 5. The van der Waals surface area contributed by atoms with Crippen LogP contribution in [-0.2, 0) is 21.2 Å². The van der Waals surface area contributed by atoms with Crippen LogP contribution in [0.3, 0.4) is 0 Å². The Morgan fingerprint density at radius 2 is 1.94 bits per heavy atom. The van der Waals surface area contributed by atoms with E-state index >= 15 is 0 Å². The Balaban J connectivity index is 3.35. The van der Waals surface area contributed by atoms with Gasteiger partial charge in [-0.3, -0.25) is 4.79 Å². The van der Waals surface area contributed by atoms with Crippen molar-refractivity contribution in [3.63, 3.8) is 0 Å². The number of nitrogens with zero attached hydrogens (tertiary/aromatic N) is 1. The standard InChI is InChI=1S/C12H17NO4S/c1-9(14)7-10-5-6-11(17-4)12(8-10)18(15,16)13(2)3/h5-6,8H,7H2,1-4H3. The molecular formula is C12H17NO4S. The fraction of sp³-hybridized carbons (Fsp3) is 0.417. The van der Waals surface area contributed by atoms with Crippen molar-refractivity contribution in [2.24, 2.45) is 0 Å². The minimum absolute atomic E-state index is 0.0200. The van der Waals surface area contributed by atoms with Crippen molar-refractivity contribution in [3.05, 3.63) is 23.8 Å². The van der Waals surface area contributed by atoms with E-state index in [2.05, 4.69) is 0 Å². The van der Waals surface area contributed by atoms with E-state index in [1.54, 1.807) is 12.1 Å². The SMILES string of the molecule is COc1ccc(CC(C)=O)cc1S(=O)(=O)N(C)C. The molecule has 0 aliphatic rings. The van der Waals surface area contributed by atoms with Gasteiger partial charge in [0.1, 0.15) is 16.4 Å². The zero-order valence-electron chi connectivity index (χ0n) is 10.9. The van der Waals surface area contributed by atoms with Gasteiger partial charge in [0, 0.05) is 20.5 Å². The second-order valence-corrected chi connectivity index (χ2v) is 6.27. The Morgan fingerprint density at radius 1 is 1.33 bits per heavy atom. The first-order valence-corrected chi connectivity index (χ1v) is 6.82. The highest BCUT2D eigenvalue weighted by atomic mass is 32.2. The van der Waals surface area contributed by atoms with Crippen molar-refractivity contribution in [1.82, 2.24) is 4.31 Å². The number of carbonyl (C=O) groups excluding carboxylic acids is 1. The number of carbonyl (C=O) groups is 1. The lowest BCUT2D eigenvalue weighted by Gasteiger charge is -2.15. The number of benzene rings is 1. The molecule has 5 nitrogen and oxygen atoms in total. The molecule has 0 aliphatic heterocycles. The maximum Gasteiger partial charge on any atom is 0.246 e. The maximum atomic E-state index is 12.1. The first-order chi connectivity index (χ1) is 8.28. The molecule has 0 fully saturated rings. The molecule has 100 valence electrons. The Labute approximate surface area is 107 Å². The van der Waals surface area contributed by atoms with Crippen LogP contribution in [-0.4, -0.2) is 39.7 Å². The molecule has 1 aromatic carbocycles. The van der Waals surface area contributed by atoms with Crippen LogP contribution in [0.15, 0.2) is 23.1 Å². The summed E-state index contributed by atoms with van der Waals surface area (Å²) in [4.78, 5) is 11.1. The molecule has 0 heterocycles. The Hall–Kier alpha value is -1.40. The number of ketones is 1. The van der Waals surface area contributed by atoms with Gasteiger partial charge in [-0.05, 0) is 24.6 Å². The lowest BCUT2D eigenvalue weighted by atomic mass is 10.1. The molecule has 0 aromatic heterocycles. The van der Waals surface area contributed by atoms with Gasteiger partial charge >= 0.3 is 0 Å². The third-order valence-electron chi connectivity index (χ3n) is 2.44. The third-order valence-corrected chi connectivity index (χ3v) is 4.28. The number of Topliss-reactive ketones (excluding diaryl/α,β-unsaturated/α-hetero) is 1. The first-order valence-electron chi connectivity index (χ1n) is 5.38. The molecular weight excluding hydrogens is 254 g/mol. The molecule has 1 aromatic rings. The molecule has 0 spiro atoms. The number of hydrogen-bond acceptors (Lipinski definition) is 4. The largest absolute Gasteiger partial charge is 0.495 e. The van der Waals surface area contributed by atoms with Crippen LogP contribution in [0.1, 0.15) is 12.5 Å². The van der Waals surface area contributed by atoms with E-state index in [9.17, 15) is 13.2 Å². The number of ether oxygens (including phenoxy) is 1. The Bertz CT molecular complexity index is 549. The number of methoxy groups -OCH3 is 1. The summed E-state index contributed by atoms with van der Waals surface area (Å²) in [6.07, 6.45) is 0.208. The summed E-state index contributed by atoms with van der Waals surface area (Å²) >= 11 is 0. The van der Waals surface area contributed by atoms with Gasteiger partial charge in [-0.2, -0.15) is 0 Å². The number of hydrogen-bond donors (Lipinski definition) is 0. The monoisotopic (exact) mass is 271 g/mol. The van der Waals surface area contributed by atoms with E-state index in [0.717, 1.165) is 4.31 Å². The van der Waals surface area contributed by atoms with E-state index in [-0.39, 0.29) is 22.8 Å². The molecule has 0 atom stereocenters. The molecule has 1 rings (SSSR count). The smallest absolute Gasteiger partial charge is 0.246 e. The zero-order valence-corrected chi connectivity index (χ0v) is 11.7. The highest BCUT2D eigenvalue weighted by Gasteiger charge is 2.22. The summed E-state index contributed by atoms with van der Waals surface area (Å²) in [7, 11) is 0.732. The fourth-order valence-electron chi connectivity index (χ4n) is 1.52. The van der Waals surface area contributed by atoms with Crippen molar-refractivity contribution in [2.45, 2.75) is 18.2 Å². The molecule has 0 saturated heterocycles. The molecule has 6 heteroatoms. The van der Waals surface area contributed by atoms with Gasteiger partial charge in [-0.25, -0.2) is 12.7 Å². The minimum atomic E-state index is -3.58. The zero-order chi connectivity index (χ0) is 13.9. The van der Waals surface area contributed by atoms with Gasteiger partial charge < -0.3 is 4.74 Å². The van der Waals surface area contributed by atoms with E-state index in [1.165, 1.54) is 34.2 Å². The van der Waals surface area contributed by atoms with E-state index in [1.807, 2.05) is 0 Å².